The van der Waals surface area contributed by atoms with E-state index >= 15 is 0 Å². The van der Waals surface area contributed by atoms with Crippen molar-refractivity contribution in [3.05, 3.63) is 10.6 Å². The lowest BCUT2D eigenvalue weighted by Gasteiger charge is -2.05. The van der Waals surface area contributed by atoms with Gasteiger partial charge in [0.05, 0.1) is 12.3 Å². The summed E-state index contributed by atoms with van der Waals surface area (Å²) in [5.41, 5.74) is 1.04. The Morgan fingerprint density at radius 2 is 2.23 bits per heavy atom. The second-order valence-corrected chi connectivity index (χ2v) is 4.45. The Balaban J connectivity index is 2.90. The van der Waals surface area contributed by atoms with E-state index in [0.717, 1.165) is 16.2 Å². The Kier molecular flexibility index (Phi) is 4.15. The van der Waals surface area contributed by atoms with Crippen LogP contribution in [0.1, 0.15) is 10.6 Å². The number of hydrogen-bond acceptors (Lipinski definition) is 4. The molecule has 0 spiro atoms. The van der Waals surface area contributed by atoms with Crippen molar-refractivity contribution in [2.45, 2.75) is 11.9 Å². The second kappa shape index (κ2) is 4.93. The highest BCUT2D eigenvalue weighted by atomic mass is 79.9. The average Bonchev–Trinajstić information content (AvgIpc) is 2.48. The molecule has 1 rings (SSSR count). The van der Waals surface area contributed by atoms with Crippen LogP contribution < -0.4 is 4.90 Å². The zero-order chi connectivity index (χ0) is 9.84. The van der Waals surface area contributed by atoms with E-state index in [1.54, 1.807) is 18.4 Å². The van der Waals surface area contributed by atoms with Crippen LogP contribution in [0.4, 0.5) is 5.13 Å². The number of alkyl halides is 1. The maximum Gasteiger partial charge on any atom is 0.185 e. The van der Waals surface area contributed by atoms with Gasteiger partial charge in [-0.1, -0.05) is 15.9 Å². The van der Waals surface area contributed by atoms with Gasteiger partial charge in [-0.05, 0) is 0 Å². The highest BCUT2D eigenvalue weighted by Gasteiger charge is 2.10. The Morgan fingerprint density at radius 3 is 2.69 bits per heavy atom. The minimum atomic E-state index is 0.589. The molecule has 1 heterocycles. The number of nitrogens with zero attached hydrogens (tertiary/aromatic N) is 2. The van der Waals surface area contributed by atoms with Crippen molar-refractivity contribution >= 4 is 32.4 Å². The molecule has 0 aromatic carbocycles. The van der Waals surface area contributed by atoms with Crippen molar-refractivity contribution in [1.82, 2.24) is 4.98 Å². The highest BCUT2D eigenvalue weighted by Crippen LogP contribution is 2.27. The summed E-state index contributed by atoms with van der Waals surface area (Å²) < 4.78 is 5.07. The average molecular weight is 265 g/mol. The van der Waals surface area contributed by atoms with E-state index in [4.69, 9.17) is 4.74 Å². The van der Waals surface area contributed by atoms with Gasteiger partial charge in [0.15, 0.2) is 5.13 Å². The first-order valence-corrected chi connectivity index (χ1v) is 5.83. The molecule has 13 heavy (non-hydrogen) atoms. The molecule has 1 aromatic rings. The van der Waals surface area contributed by atoms with Gasteiger partial charge in [-0.25, -0.2) is 4.98 Å². The smallest absolute Gasteiger partial charge is 0.185 e. The van der Waals surface area contributed by atoms with Gasteiger partial charge in [0.25, 0.3) is 0 Å². The zero-order valence-electron chi connectivity index (χ0n) is 8.00. The van der Waals surface area contributed by atoms with Crippen LogP contribution in [-0.2, 0) is 16.7 Å². The standard InChI is InChI=1S/C8H13BrN2OS/c1-11(2)8-10-6(5-12-3)7(4-9)13-8/h4-5H2,1-3H3. The molecule has 0 saturated carbocycles. The Labute approximate surface area is 90.9 Å². The van der Waals surface area contributed by atoms with E-state index in [0.29, 0.717) is 6.61 Å². The number of rotatable bonds is 4. The molecule has 0 N–H and O–H groups in total. The predicted octanol–water partition coefficient (Wildman–Crippen LogP) is 2.25. The molecular weight excluding hydrogens is 252 g/mol. The van der Waals surface area contributed by atoms with Crippen LogP contribution in [0.25, 0.3) is 0 Å². The van der Waals surface area contributed by atoms with Crippen LogP contribution in [0.2, 0.25) is 0 Å². The van der Waals surface area contributed by atoms with Crippen molar-refractivity contribution in [2.75, 3.05) is 26.1 Å². The highest BCUT2D eigenvalue weighted by molar-refractivity contribution is 9.08. The number of anilines is 1. The van der Waals surface area contributed by atoms with Gasteiger partial charge in [0.1, 0.15) is 0 Å². The lowest BCUT2D eigenvalue weighted by molar-refractivity contribution is 0.181. The van der Waals surface area contributed by atoms with Crippen LogP contribution in [0, 0.1) is 0 Å². The lowest BCUT2D eigenvalue weighted by atomic mass is 10.4. The number of halogens is 1. The van der Waals surface area contributed by atoms with Crippen molar-refractivity contribution in [1.29, 1.82) is 0 Å². The van der Waals surface area contributed by atoms with Gasteiger partial charge in [-0.2, -0.15) is 0 Å². The van der Waals surface area contributed by atoms with Crippen molar-refractivity contribution in [2.24, 2.45) is 0 Å². The summed E-state index contributed by atoms with van der Waals surface area (Å²) in [6, 6.07) is 0. The summed E-state index contributed by atoms with van der Waals surface area (Å²) in [5.74, 6) is 0. The van der Waals surface area contributed by atoms with Crippen LogP contribution in [0.15, 0.2) is 0 Å². The molecule has 0 fully saturated rings. The molecule has 0 aliphatic carbocycles. The molecule has 0 radical (unpaired) electrons. The molecule has 1 aromatic heterocycles. The van der Waals surface area contributed by atoms with Crippen molar-refractivity contribution in [3.8, 4) is 0 Å². The fourth-order valence-corrected chi connectivity index (χ4v) is 2.42. The third kappa shape index (κ3) is 2.65. The fourth-order valence-electron chi connectivity index (χ4n) is 0.915. The minimum absolute atomic E-state index is 0.589. The maximum absolute atomic E-state index is 5.07. The van der Waals surface area contributed by atoms with E-state index in [-0.39, 0.29) is 0 Å². The van der Waals surface area contributed by atoms with E-state index in [2.05, 4.69) is 20.9 Å². The van der Waals surface area contributed by atoms with Gasteiger partial charge in [-0.3, -0.25) is 0 Å². The summed E-state index contributed by atoms with van der Waals surface area (Å²) in [6.45, 7) is 0.589. The summed E-state index contributed by atoms with van der Waals surface area (Å²) in [4.78, 5) is 7.71. The number of methoxy groups -OCH3 is 1. The lowest BCUT2D eigenvalue weighted by Crippen LogP contribution is -2.08. The van der Waals surface area contributed by atoms with Gasteiger partial charge in [-0.15, -0.1) is 11.3 Å². The Bertz CT molecular complexity index is 275. The normalized spacial score (nSPS) is 10.5. The SMILES string of the molecule is COCc1nc(N(C)C)sc1CBr. The van der Waals surface area contributed by atoms with Crippen molar-refractivity contribution in [3.63, 3.8) is 0 Å². The minimum Gasteiger partial charge on any atom is -0.378 e. The first kappa shape index (κ1) is 10.9. The van der Waals surface area contributed by atoms with Crippen molar-refractivity contribution < 1.29 is 4.74 Å². The van der Waals surface area contributed by atoms with E-state index in [1.165, 1.54) is 4.88 Å². The molecule has 0 unspecified atom stereocenters. The molecule has 0 bridgehead atoms. The molecule has 0 aliphatic rings. The second-order valence-electron chi connectivity index (χ2n) is 2.83. The quantitative estimate of drug-likeness (QED) is 0.781. The van der Waals surface area contributed by atoms with Gasteiger partial charge in [0, 0.05) is 31.4 Å². The third-order valence-corrected chi connectivity index (χ3v) is 3.75. The molecule has 74 valence electrons. The van der Waals surface area contributed by atoms with E-state index < -0.39 is 0 Å². The number of ether oxygens (including phenoxy) is 1. The number of thiazole rings is 1. The van der Waals surface area contributed by atoms with Crippen LogP contribution in [0.5, 0.6) is 0 Å². The molecule has 0 aliphatic heterocycles. The number of hydrogen-bond donors (Lipinski definition) is 0. The molecule has 0 atom stereocenters. The molecule has 0 saturated heterocycles. The topological polar surface area (TPSA) is 25.4 Å². The third-order valence-electron chi connectivity index (χ3n) is 1.55. The summed E-state index contributed by atoms with van der Waals surface area (Å²) in [7, 11) is 5.67. The molecular formula is C8H13BrN2OS. The van der Waals surface area contributed by atoms with Crippen LogP contribution in [-0.4, -0.2) is 26.2 Å². The van der Waals surface area contributed by atoms with Crippen LogP contribution in [0.3, 0.4) is 0 Å². The molecule has 3 nitrogen and oxygen atoms in total. The van der Waals surface area contributed by atoms with Gasteiger partial charge >= 0.3 is 0 Å². The Morgan fingerprint density at radius 1 is 1.54 bits per heavy atom. The first-order valence-electron chi connectivity index (χ1n) is 3.89. The summed E-state index contributed by atoms with van der Waals surface area (Å²) >= 11 is 5.13. The monoisotopic (exact) mass is 264 g/mol. The maximum atomic E-state index is 5.07. The van der Waals surface area contributed by atoms with E-state index in [9.17, 15) is 0 Å². The van der Waals surface area contributed by atoms with Crippen LogP contribution >= 0.6 is 27.3 Å². The van der Waals surface area contributed by atoms with E-state index in [1.807, 2.05) is 19.0 Å². The predicted molar refractivity (Wildman–Crippen MR) is 59.8 cm³/mol. The molecule has 0 amide bonds. The Hall–Kier alpha value is -0.130. The van der Waals surface area contributed by atoms with Gasteiger partial charge in [0.2, 0.25) is 0 Å². The summed E-state index contributed by atoms with van der Waals surface area (Å²) in [5, 5.41) is 1.87. The number of aromatic nitrogens is 1. The summed E-state index contributed by atoms with van der Waals surface area (Å²) in [6.07, 6.45) is 0. The first-order chi connectivity index (χ1) is 6.19. The zero-order valence-corrected chi connectivity index (χ0v) is 10.4. The molecule has 5 heteroatoms. The fraction of sp³-hybridized carbons (Fsp3) is 0.625. The van der Waals surface area contributed by atoms with Gasteiger partial charge < -0.3 is 9.64 Å². The largest absolute Gasteiger partial charge is 0.378 e.